The molecular weight excluding hydrogens is 370 g/mol. The van der Waals surface area contributed by atoms with Crippen LogP contribution in [0.2, 0.25) is 0 Å². The van der Waals surface area contributed by atoms with Crippen LogP contribution in [0.3, 0.4) is 0 Å². The quantitative estimate of drug-likeness (QED) is 0.602. The molecule has 2 N–H and O–H groups in total. The van der Waals surface area contributed by atoms with Crippen molar-refractivity contribution < 1.29 is 19.4 Å². The molecule has 0 aliphatic heterocycles. The molecule has 1 aromatic carbocycles. The van der Waals surface area contributed by atoms with Crippen LogP contribution in [0.5, 0.6) is 5.75 Å². The van der Waals surface area contributed by atoms with Crippen LogP contribution in [-0.4, -0.2) is 30.6 Å². The smallest absolute Gasteiger partial charge is 0.328 e. The van der Waals surface area contributed by atoms with Gasteiger partial charge >= 0.3 is 5.97 Å². The summed E-state index contributed by atoms with van der Waals surface area (Å²) in [6.07, 6.45) is 0.717. The van der Waals surface area contributed by atoms with Crippen molar-refractivity contribution in [2.75, 3.05) is 7.11 Å². The van der Waals surface area contributed by atoms with Gasteiger partial charge in [0.2, 0.25) is 6.41 Å². The number of phenols is 1. The number of methoxy groups -OCH3 is 1. The third-order valence-electron chi connectivity index (χ3n) is 2.27. The van der Waals surface area contributed by atoms with Crippen LogP contribution in [0.1, 0.15) is 5.56 Å². The lowest BCUT2D eigenvalue weighted by Crippen LogP contribution is -2.38. The first-order valence-electron chi connectivity index (χ1n) is 4.94. The topological polar surface area (TPSA) is 75.6 Å². The van der Waals surface area contributed by atoms with E-state index >= 15 is 0 Å². The molecule has 1 aromatic rings. The lowest BCUT2D eigenvalue weighted by molar-refractivity contribution is -0.144. The van der Waals surface area contributed by atoms with Gasteiger partial charge in [-0.15, -0.1) is 0 Å². The molecule has 7 heteroatoms. The van der Waals surface area contributed by atoms with Crippen molar-refractivity contribution in [3.63, 3.8) is 0 Å². The van der Waals surface area contributed by atoms with Crippen LogP contribution in [0.15, 0.2) is 21.1 Å². The van der Waals surface area contributed by atoms with Crippen molar-refractivity contribution in [1.82, 2.24) is 5.32 Å². The molecule has 0 bridgehead atoms. The molecule has 1 amide bonds. The van der Waals surface area contributed by atoms with Gasteiger partial charge in [-0.25, -0.2) is 4.79 Å². The molecule has 0 aliphatic carbocycles. The van der Waals surface area contributed by atoms with E-state index in [0.717, 1.165) is 5.56 Å². The molecule has 0 radical (unpaired) electrons. The summed E-state index contributed by atoms with van der Waals surface area (Å²) in [4.78, 5) is 21.9. The van der Waals surface area contributed by atoms with Gasteiger partial charge in [0.05, 0.1) is 16.1 Å². The summed E-state index contributed by atoms with van der Waals surface area (Å²) in [6, 6.07) is 2.58. The summed E-state index contributed by atoms with van der Waals surface area (Å²) >= 11 is 6.39. The molecule has 0 spiro atoms. The van der Waals surface area contributed by atoms with Crippen LogP contribution in [0, 0.1) is 0 Å². The number of phenolic OH excluding ortho intramolecular Hbond substituents is 1. The first kappa shape index (κ1) is 15.0. The Kier molecular flexibility index (Phi) is 5.61. The molecule has 5 nitrogen and oxygen atoms in total. The summed E-state index contributed by atoms with van der Waals surface area (Å²) < 4.78 is 5.59. The minimum atomic E-state index is -0.754. The molecule has 1 rings (SSSR count). The van der Waals surface area contributed by atoms with Crippen LogP contribution in [-0.2, 0) is 20.7 Å². The van der Waals surface area contributed by atoms with Gasteiger partial charge < -0.3 is 15.2 Å². The Morgan fingerprint density at radius 3 is 2.50 bits per heavy atom. The second kappa shape index (κ2) is 6.75. The number of nitrogens with one attached hydrogen (secondary N) is 1. The van der Waals surface area contributed by atoms with Gasteiger partial charge in [0.15, 0.2) is 0 Å². The molecular formula is C11H11Br2NO4. The lowest BCUT2D eigenvalue weighted by atomic mass is 10.1. The van der Waals surface area contributed by atoms with E-state index in [1.807, 2.05) is 0 Å². The fraction of sp³-hybridized carbons (Fsp3) is 0.273. The predicted molar refractivity (Wildman–Crippen MR) is 72.2 cm³/mol. The Labute approximate surface area is 121 Å². The number of esters is 1. The minimum absolute atomic E-state index is 0.0803. The molecule has 18 heavy (non-hydrogen) atoms. The van der Waals surface area contributed by atoms with Crippen LogP contribution in [0.4, 0.5) is 0 Å². The van der Waals surface area contributed by atoms with E-state index in [2.05, 4.69) is 41.9 Å². The molecule has 0 heterocycles. The van der Waals surface area contributed by atoms with Crippen molar-refractivity contribution in [2.45, 2.75) is 12.5 Å². The highest BCUT2D eigenvalue weighted by Crippen LogP contribution is 2.33. The number of ether oxygens (including phenoxy) is 1. The normalized spacial score (nSPS) is 11.7. The number of hydrogen-bond acceptors (Lipinski definition) is 4. The zero-order valence-corrected chi connectivity index (χ0v) is 12.6. The summed E-state index contributed by atoms with van der Waals surface area (Å²) in [5.74, 6) is -0.445. The molecule has 1 atom stereocenters. The van der Waals surface area contributed by atoms with Crippen LogP contribution in [0.25, 0.3) is 0 Å². The van der Waals surface area contributed by atoms with E-state index in [-0.39, 0.29) is 12.2 Å². The third kappa shape index (κ3) is 3.71. The maximum Gasteiger partial charge on any atom is 0.328 e. The SMILES string of the molecule is COC(=O)C(Cc1cc(Br)c(O)c(Br)c1)NC=O. The molecule has 0 fully saturated rings. The average molecular weight is 381 g/mol. The number of halogens is 2. The number of aromatic hydroxyl groups is 1. The Morgan fingerprint density at radius 1 is 1.50 bits per heavy atom. The van der Waals surface area contributed by atoms with E-state index in [4.69, 9.17) is 0 Å². The van der Waals surface area contributed by atoms with E-state index in [9.17, 15) is 14.7 Å². The van der Waals surface area contributed by atoms with Gasteiger partial charge in [0.1, 0.15) is 11.8 Å². The van der Waals surface area contributed by atoms with Crippen molar-refractivity contribution >= 4 is 44.2 Å². The van der Waals surface area contributed by atoms with Crippen LogP contribution < -0.4 is 5.32 Å². The zero-order valence-electron chi connectivity index (χ0n) is 9.44. The van der Waals surface area contributed by atoms with Crippen molar-refractivity contribution in [2.24, 2.45) is 0 Å². The Bertz CT molecular complexity index is 441. The second-order valence-electron chi connectivity index (χ2n) is 3.47. The molecule has 1 unspecified atom stereocenters. The molecule has 0 aromatic heterocycles. The second-order valence-corrected chi connectivity index (χ2v) is 5.18. The van der Waals surface area contributed by atoms with Crippen molar-refractivity contribution in [3.8, 4) is 5.75 Å². The first-order chi connectivity index (χ1) is 8.49. The highest BCUT2D eigenvalue weighted by molar-refractivity contribution is 9.11. The fourth-order valence-corrected chi connectivity index (χ4v) is 2.69. The average Bonchev–Trinajstić information content (AvgIpc) is 2.34. The Balaban J connectivity index is 2.93. The van der Waals surface area contributed by atoms with Gasteiger partial charge in [-0.2, -0.15) is 0 Å². The first-order valence-corrected chi connectivity index (χ1v) is 6.52. The van der Waals surface area contributed by atoms with Gasteiger partial charge in [-0.05, 0) is 49.6 Å². The van der Waals surface area contributed by atoms with E-state index in [1.165, 1.54) is 7.11 Å². The molecule has 0 saturated heterocycles. The summed E-state index contributed by atoms with van der Waals surface area (Å²) in [7, 11) is 1.25. The predicted octanol–water partition coefficient (Wildman–Crippen LogP) is 1.75. The van der Waals surface area contributed by atoms with Crippen molar-refractivity contribution in [3.05, 3.63) is 26.6 Å². The van der Waals surface area contributed by atoms with E-state index in [0.29, 0.717) is 15.4 Å². The maximum atomic E-state index is 11.4. The summed E-state index contributed by atoms with van der Waals surface area (Å²) in [5.41, 5.74) is 0.760. The number of rotatable bonds is 5. The molecule has 0 aliphatic rings. The fourth-order valence-electron chi connectivity index (χ4n) is 1.41. The number of amides is 1. The Hall–Kier alpha value is -1.08. The number of carbonyl (C=O) groups is 2. The highest BCUT2D eigenvalue weighted by atomic mass is 79.9. The van der Waals surface area contributed by atoms with Gasteiger partial charge in [-0.1, -0.05) is 0 Å². The third-order valence-corrected chi connectivity index (χ3v) is 3.48. The highest BCUT2D eigenvalue weighted by Gasteiger charge is 2.19. The lowest BCUT2D eigenvalue weighted by Gasteiger charge is -2.14. The van der Waals surface area contributed by atoms with Crippen LogP contribution >= 0.6 is 31.9 Å². The number of carbonyl (C=O) groups excluding carboxylic acids is 2. The monoisotopic (exact) mass is 379 g/mol. The molecule has 98 valence electrons. The maximum absolute atomic E-state index is 11.4. The number of hydrogen-bond donors (Lipinski definition) is 2. The summed E-state index contributed by atoms with van der Waals surface area (Å²) in [6.45, 7) is 0. The Morgan fingerprint density at radius 2 is 2.06 bits per heavy atom. The van der Waals surface area contributed by atoms with Gasteiger partial charge in [0, 0.05) is 6.42 Å². The van der Waals surface area contributed by atoms with Gasteiger partial charge in [0.25, 0.3) is 0 Å². The van der Waals surface area contributed by atoms with E-state index in [1.54, 1.807) is 12.1 Å². The largest absolute Gasteiger partial charge is 0.506 e. The number of benzene rings is 1. The van der Waals surface area contributed by atoms with Crippen molar-refractivity contribution in [1.29, 1.82) is 0 Å². The zero-order chi connectivity index (χ0) is 13.7. The van der Waals surface area contributed by atoms with Gasteiger partial charge in [-0.3, -0.25) is 4.79 Å². The van der Waals surface area contributed by atoms with E-state index < -0.39 is 12.0 Å². The molecule has 0 saturated carbocycles. The summed E-state index contributed by atoms with van der Waals surface area (Å²) in [5, 5.41) is 12.0. The minimum Gasteiger partial charge on any atom is -0.506 e. The standard InChI is InChI=1S/C11H11Br2NO4/c1-18-11(17)9(14-5-15)4-6-2-7(12)10(16)8(13)3-6/h2-3,5,9,16H,4H2,1H3,(H,14,15).